The number of hydrogen-bond acceptors (Lipinski definition) is 1. The first-order chi connectivity index (χ1) is 4.64. The molecule has 0 aromatic rings. The van der Waals surface area contributed by atoms with Crippen LogP contribution in [-0.4, -0.2) is 17.6 Å². The first-order valence-corrected chi connectivity index (χ1v) is 3.63. The first kappa shape index (κ1) is 7.92. The Kier molecular flexibility index (Phi) is 2.24. The summed E-state index contributed by atoms with van der Waals surface area (Å²) in [5, 5.41) is 8.45. The predicted octanol–water partition coefficient (Wildman–Crippen LogP) is 1.80. The zero-order valence-electron chi connectivity index (χ0n) is 5.82. The zero-order chi connectivity index (χ0) is 7.61. The van der Waals surface area contributed by atoms with Crippen molar-refractivity contribution in [2.45, 2.75) is 31.6 Å². The largest absolute Gasteiger partial charge is 0.396 e. The molecule has 0 saturated heterocycles. The van der Waals surface area contributed by atoms with Gasteiger partial charge in [-0.2, -0.15) is 0 Å². The van der Waals surface area contributed by atoms with Crippen LogP contribution in [0.5, 0.6) is 0 Å². The Hall–Kier alpha value is -0.180. The maximum absolute atomic E-state index is 12.4. The molecule has 60 valence electrons. The molecule has 10 heavy (non-hydrogen) atoms. The highest BCUT2D eigenvalue weighted by Gasteiger charge is 2.38. The van der Waals surface area contributed by atoms with Gasteiger partial charge in [0.05, 0.1) is 0 Å². The lowest BCUT2D eigenvalue weighted by Crippen LogP contribution is -2.09. The molecule has 1 aliphatic rings. The van der Waals surface area contributed by atoms with Crippen LogP contribution in [0.15, 0.2) is 0 Å². The van der Waals surface area contributed by atoms with Crippen molar-refractivity contribution in [1.82, 2.24) is 0 Å². The minimum Gasteiger partial charge on any atom is -0.396 e. The van der Waals surface area contributed by atoms with Crippen molar-refractivity contribution in [1.29, 1.82) is 0 Å². The van der Waals surface area contributed by atoms with E-state index in [0.29, 0.717) is 12.8 Å². The van der Waals surface area contributed by atoms with E-state index in [2.05, 4.69) is 0 Å². The molecule has 0 spiro atoms. The zero-order valence-corrected chi connectivity index (χ0v) is 5.82. The number of aliphatic hydroxyl groups excluding tert-OH is 1. The molecule has 1 unspecified atom stereocenters. The molecule has 3 heteroatoms. The van der Waals surface area contributed by atoms with Crippen LogP contribution in [0.25, 0.3) is 0 Å². The lowest BCUT2D eigenvalue weighted by atomic mass is 10.1. The highest BCUT2D eigenvalue weighted by molar-refractivity contribution is 4.80. The van der Waals surface area contributed by atoms with Gasteiger partial charge >= 0.3 is 0 Å². The predicted molar refractivity (Wildman–Crippen MR) is 34.0 cm³/mol. The fraction of sp³-hybridized carbons (Fsp3) is 1.00. The molecule has 1 aliphatic carbocycles. The van der Waals surface area contributed by atoms with Crippen LogP contribution in [-0.2, 0) is 0 Å². The van der Waals surface area contributed by atoms with Crippen LogP contribution >= 0.6 is 0 Å². The Morgan fingerprint density at radius 1 is 1.50 bits per heavy atom. The van der Waals surface area contributed by atoms with E-state index in [4.69, 9.17) is 5.11 Å². The van der Waals surface area contributed by atoms with Gasteiger partial charge in [-0.3, -0.25) is 0 Å². The number of alkyl halides is 2. The smallest absolute Gasteiger partial charge is 0.248 e. The molecule has 1 rings (SSSR count). The molecule has 0 heterocycles. The Bertz CT molecular complexity index is 114. The van der Waals surface area contributed by atoms with Gasteiger partial charge in [0, 0.05) is 19.4 Å². The van der Waals surface area contributed by atoms with E-state index < -0.39 is 5.92 Å². The van der Waals surface area contributed by atoms with E-state index in [0.717, 1.165) is 0 Å². The van der Waals surface area contributed by atoms with Crippen LogP contribution in [0, 0.1) is 5.92 Å². The van der Waals surface area contributed by atoms with Gasteiger partial charge < -0.3 is 5.11 Å². The van der Waals surface area contributed by atoms with Crippen molar-refractivity contribution in [2.75, 3.05) is 6.61 Å². The van der Waals surface area contributed by atoms with Crippen LogP contribution in [0.1, 0.15) is 25.7 Å². The van der Waals surface area contributed by atoms with Gasteiger partial charge in [0.1, 0.15) is 0 Å². The topological polar surface area (TPSA) is 20.2 Å². The molecule has 0 amide bonds. The molecule has 0 bridgehead atoms. The van der Waals surface area contributed by atoms with Crippen molar-refractivity contribution in [3.05, 3.63) is 0 Å². The van der Waals surface area contributed by atoms with E-state index >= 15 is 0 Å². The van der Waals surface area contributed by atoms with Gasteiger partial charge in [0.2, 0.25) is 5.92 Å². The Balaban J connectivity index is 2.29. The summed E-state index contributed by atoms with van der Waals surface area (Å²) in [6.45, 7) is 0.0424. The fourth-order valence-electron chi connectivity index (χ4n) is 1.47. The second-order valence-electron chi connectivity index (χ2n) is 2.98. The van der Waals surface area contributed by atoms with Crippen molar-refractivity contribution in [3.8, 4) is 0 Å². The van der Waals surface area contributed by atoms with Gasteiger partial charge in [-0.15, -0.1) is 0 Å². The number of aliphatic hydroxyl groups is 1. The lowest BCUT2D eigenvalue weighted by molar-refractivity contribution is 0.00413. The summed E-state index contributed by atoms with van der Waals surface area (Å²) in [5.74, 6) is -2.39. The highest BCUT2D eigenvalue weighted by atomic mass is 19.3. The molecule has 1 N–H and O–H groups in total. The fourth-order valence-corrected chi connectivity index (χ4v) is 1.47. The number of halogens is 2. The third-order valence-electron chi connectivity index (χ3n) is 2.04. The Morgan fingerprint density at radius 3 is 2.60 bits per heavy atom. The van der Waals surface area contributed by atoms with Crippen LogP contribution in [0.3, 0.4) is 0 Å². The molecule has 1 fully saturated rings. The van der Waals surface area contributed by atoms with Gasteiger partial charge in [-0.1, -0.05) is 0 Å². The SMILES string of the molecule is OCCC1CCC(F)(F)C1. The second kappa shape index (κ2) is 2.82. The van der Waals surface area contributed by atoms with Crippen LogP contribution in [0.4, 0.5) is 8.78 Å². The van der Waals surface area contributed by atoms with Gasteiger partial charge in [-0.25, -0.2) is 8.78 Å². The Labute approximate surface area is 59.0 Å². The molecule has 0 aromatic heterocycles. The monoisotopic (exact) mass is 150 g/mol. The van der Waals surface area contributed by atoms with E-state index in [1.807, 2.05) is 0 Å². The van der Waals surface area contributed by atoms with E-state index in [-0.39, 0.29) is 25.4 Å². The van der Waals surface area contributed by atoms with E-state index in [1.165, 1.54) is 0 Å². The molecule has 1 saturated carbocycles. The summed E-state index contributed by atoms with van der Waals surface area (Å²) >= 11 is 0. The standard InChI is InChI=1S/C7H12F2O/c8-7(9)3-1-6(5-7)2-4-10/h6,10H,1-5H2. The molecule has 0 aromatic carbocycles. The molecular weight excluding hydrogens is 138 g/mol. The maximum atomic E-state index is 12.4. The summed E-state index contributed by atoms with van der Waals surface area (Å²) in [6, 6.07) is 0. The van der Waals surface area contributed by atoms with Crippen molar-refractivity contribution < 1.29 is 13.9 Å². The molecular formula is C7H12F2O. The minimum atomic E-state index is -2.44. The average molecular weight is 150 g/mol. The van der Waals surface area contributed by atoms with Gasteiger partial charge in [0.25, 0.3) is 0 Å². The third kappa shape index (κ3) is 1.90. The molecule has 1 nitrogen and oxygen atoms in total. The summed E-state index contributed by atoms with van der Waals surface area (Å²) in [7, 11) is 0. The maximum Gasteiger partial charge on any atom is 0.248 e. The van der Waals surface area contributed by atoms with Crippen molar-refractivity contribution >= 4 is 0 Å². The minimum absolute atomic E-state index is 0.0116. The van der Waals surface area contributed by atoms with E-state index in [1.54, 1.807) is 0 Å². The number of hydrogen-bond donors (Lipinski definition) is 1. The van der Waals surface area contributed by atoms with Gasteiger partial charge in [-0.05, 0) is 18.8 Å². The van der Waals surface area contributed by atoms with Gasteiger partial charge in [0.15, 0.2) is 0 Å². The van der Waals surface area contributed by atoms with Crippen LogP contribution in [0.2, 0.25) is 0 Å². The van der Waals surface area contributed by atoms with E-state index in [9.17, 15) is 8.78 Å². The van der Waals surface area contributed by atoms with Crippen LogP contribution < -0.4 is 0 Å². The van der Waals surface area contributed by atoms with Crippen molar-refractivity contribution in [3.63, 3.8) is 0 Å². The highest BCUT2D eigenvalue weighted by Crippen LogP contribution is 2.39. The number of rotatable bonds is 2. The lowest BCUT2D eigenvalue weighted by Gasteiger charge is -2.07. The molecule has 1 atom stereocenters. The third-order valence-corrected chi connectivity index (χ3v) is 2.04. The summed E-state index contributed by atoms with van der Waals surface area (Å²) in [5.41, 5.74) is 0. The summed E-state index contributed by atoms with van der Waals surface area (Å²) in [6.07, 6.45) is 1.11. The summed E-state index contributed by atoms with van der Waals surface area (Å²) in [4.78, 5) is 0. The van der Waals surface area contributed by atoms with Crippen molar-refractivity contribution in [2.24, 2.45) is 5.92 Å². The molecule has 0 aliphatic heterocycles. The quantitative estimate of drug-likeness (QED) is 0.636. The average Bonchev–Trinajstić information content (AvgIpc) is 2.12. The normalized spacial score (nSPS) is 30.9. The summed E-state index contributed by atoms with van der Waals surface area (Å²) < 4.78 is 24.9. The Morgan fingerprint density at radius 2 is 2.20 bits per heavy atom. The molecule has 0 radical (unpaired) electrons. The first-order valence-electron chi connectivity index (χ1n) is 3.63. The second-order valence-corrected chi connectivity index (χ2v) is 2.98.